The van der Waals surface area contributed by atoms with Crippen LogP contribution in [0.5, 0.6) is 0 Å². The van der Waals surface area contributed by atoms with Gasteiger partial charge in [0.25, 0.3) is 0 Å². The molecule has 0 aliphatic rings. The maximum atomic E-state index is 11.4. The van der Waals surface area contributed by atoms with Crippen LogP contribution in [-0.4, -0.2) is 43.9 Å². The minimum atomic E-state index is -0.522. The number of hydrogen-bond donors (Lipinski definition) is 2. The molecular formula is C13H26N2O4. The summed E-state index contributed by atoms with van der Waals surface area (Å²) in [7, 11) is 0. The van der Waals surface area contributed by atoms with Gasteiger partial charge in [-0.3, -0.25) is 4.79 Å². The Labute approximate surface area is 115 Å². The first-order valence-electron chi connectivity index (χ1n) is 6.66. The molecule has 0 spiro atoms. The van der Waals surface area contributed by atoms with Crippen molar-refractivity contribution >= 4 is 12.0 Å². The monoisotopic (exact) mass is 274 g/mol. The molecule has 0 bridgehead atoms. The van der Waals surface area contributed by atoms with Crippen LogP contribution < -0.4 is 10.6 Å². The van der Waals surface area contributed by atoms with E-state index in [-0.39, 0.29) is 18.9 Å². The lowest BCUT2D eigenvalue weighted by Gasteiger charge is -2.19. The molecule has 0 fully saturated rings. The lowest BCUT2D eigenvalue weighted by atomic mass is 10.2. The second kappa shape index (κ2) is 9.61. The molecule has 2 N–H and O–H groups in total. The van der Waals surface area contributed by atoms with Gasteiger partial charge in [-0.1, -0.05) is 0 Å². The zero-order valence-corrected chi connectivity index (χ0v) is 12.4. The average molecular weight is 274 g/mol. The first-order chi connectivity index (χ1) is 8.85. The van der Waals surface area contributed by atoms with Crippen LogP contribution in [0.2, 0.25) is 0 Å². The Bertz CT molecular complexity index is 274. The zero-order valence-electron chi connectivity index (χ0n) is 12.4. The Morgan fingerprint density at radius 2 is 1.79 bits per heavy atom. The summed E-state index contributed by atoms with van der Waals surface area (Å²) in [4.78, 5) is 22.7. The van der Waals surface area contributed by atoms with Gasteiger partial charge >= 0.3 is 6.09 Å². The fourth-order valence-electron chi connectivity index (χ4n) is 1.23. The van der Waals surface area contributed by atoms with E-state index in [1.54, 1.807) is 20.8 Å². The minimum Gasteiger partial charge on any atom is -0.444 e. The molecule has 0 aliphatic heterocycles. The molecule has 0 radical (unpaired) electrons. The molecule has 0 aromatic heterocycles. The van der Waals surface area contributed by atoms with Crippen LogP contribution >= 0.6 is 0 Å². The van der Waals surface area contributed by atoms with Crippen molar-refractivity contribution in [3.63, 3.8) is 0 Å². The number of carbonyl (C=O) groups excluding carboxylic acids is 2. The molecule has 0 aliphatic carbocycles. The number of amides is 2. The van der Waals surface area contributed by atoms with Gasteiger partial charge in [-0.2, -0.15) is 0 Å². The maximum absolute atomic E-state index is 11.4. The topological polar surface area (TPSA) is 76.7 Å². The predicted octanol–water partition coefficient (Wildman–Crippen LogP) is 1.44. The highest BCUT2D eigenvalue weighted by molar-refractivity contribution is 5.76. The van der Waals surface area contributed by atoms with E-state index in [9.17, 15) is 9.59 Å². The Hall–Kier alpha value is -1.30. The summed E-state index contributed by atoms with van der Waals surface area (Å²) in [5.41, 5.74) is -0.522. The molecule has 0 aromatic carbocycles. The van der Waals surface area contributed by atoms with Crippen LogP contribution in [0.25, 0.3) is 0 Å². The van der Waals surface area contributed by atoms with Gasteiger partial charge in [-0.25, -0.2) is 4.79 Å². The summed E-state index contributed by atoms with van der Waals surface area (Å²) in [6.07, 6.45) is 0.532. The van der Waals surface area contributed by atoms with Crippen LogP contribution in [0.1, 0.15) is 40.5 Å². The molecule has 0 aromatic rings. The molecule has 6 nitrogen and oxygen atoms in total. The lowest BCUT2D eigenvalue weighted by molar-refractivity contribution is -0.121. The van der Waals surface area contributed by atoms with Crippen molar-refractivity contribution in [2.24, 2.45) is 0 Å². The summed E-state index contributed by atoms with van der Waals surface area (Å²) >= 11 is 0. The summed E-state index contributed by atoms with van der Waals surface area (Å²) in [6.45, 7) is 9.49. The number of nitrogens with one attached hydrogen (secondary N) is 2. The number of alkyl carbamates (subject to hydrolysis) is 1. The van der Waals surface area contributed by atoms with Gasteiger partial charge in [0.15, 0.2) is 0 Å². The quantitative estimate of drug-likeness (QED) is 0.657. The van der Waals surface area contributed by atoms with Crippen molar-refractivity contribution in [1.29, 1.82) is 0 Å². The number of carbonyl (C=O) groups is 2. The fraction of sp³-hybridized carbons (Fsp3) is 0.846. The van der Waals surface area contributed by atoms with E-state index in [4.69, 9.17) is 9.47 Å². The van der Waals surface area contributed by atoms with Crippen LogP contribution in [0, 0.1) is 0 Å². The Balaban J connectivity index is 3.50. The van der Waals surface area contributed by atoms with E-state index < -0.39 is 11.7 Å². The van der Waals surface area contributed by atoms with Crippen molar-refractivity contribution in [2.45, 2.75) is 46.1 Å². The van der Waals surface area contributed by atoms with Gasteiger partial charge in [0.1, 0.15) is 5.60 Å². The summed E-state index contributed by atoms with van der Waals surface area (Å²) < 4.78 is 10.2. The van der Waals surface area contributed by atoms with Gasteiger partial charge in [0.05, 0.1) is 0 Å². The van der Waals surface area contributed by atoms with E-state index in [2.05, 4.69) is 10.6 Å². The zero-order chi connectivity index (χ0) is 14.7. The van der Waals surface area contributed by atoms with Crippen LogP contribution in [0.4, 0.5) is 4.79 Å². The van der Waals surface area contributed by atoms with Crippen molar-refractivity contribution in [3.05, 3.63) is 0 Å². The largest absolute Gasteiger partial charge is 0.444 e. The highest BCUT2D eigenvalue weighted by Crippen LogP contribution is 2.06. The average Bonchev–Trinajstić information content (AvgIpc) is 2.26. The molecule has 0 saturated heterocycles. The van der Waals surface area contributed by atoms with Crippen molar-refractivity contribution in [1.82, 2.24) is 10.6 Å². The van der Waals surface area contributed by atoms with E-state index in [1.165, 1.54) is 0 Å². The highest BCUT2D eigenvalue weighted by atomic mass is 16.6. The second-order valence-electron chi connectivity index (χ2n) is 5.08. The number of ether oxygens (including phenoxy) is 2. The van der Waals surface area contributed by atoms with Gasteiger partial charge in [0, 0.05) is 32.7 Å². The van der Waals surface area contributed by atoms with Gasteiger partial charge in [0.2, 0.25) is 5.91 Å². The first kappa shape index (κ1) is 17.7. The second-order valence-corrected chi connectivity index (χ2v) is 5.08. The van der Waals surface area contributed by atoms with Gasteiger partial charge in [-0.05, 0) is 34.1 Å². The van der Waals surface area contributed by atoms with Gasteiger partial charge in [-0.15, -0.1) is 0 Å². The van der Waals surface area contributed by atoms with E-state index in [0.717, 1.165) is 6.42 Å². The highest BCUT2D eigenvalue weighted by Gasteiger charge is 2.15. The Kier molecular flexibility index (Phi) is 8.95. The fourth-order valence-corrected chi connectivity index (χ4v) is 1.23. The normalized spacial score (nSPS) is 10.9. The molecule has 19 heavy (non-hydrogen) atoms. The minimum absolute atomic E-state index is 0.0902. The molecule has 112 valence electrons. The molecule has 6 heteroatoms. The van der Waals surface area contributed by atoms with E-state index >= 15 is 0 Å². The Morgan fingerprint density at radius 1 is 1.11 bits per heavy atom. The SMILES string of the molecule is CCOCCCNC(=O)CCNC(=O)OC(C)(C)C. The van der Waals surface area contributed by atoms with E-state index in [1.807, 2.05) is 6.92 Å². The summed E-state index contributed by atoms with van der Waals surface area (Å²) in [5, 5.41) is 5.29. The molecular weight excluding hydrogens is 248 g/mol. The summed E-state index contributed by atoms with van der Waals surface area (Å²) in [6, 6.07) is 0. The molecule has 0 heterocycles. The van der Waals surface area contributed by atoms with Crippen molar-refractivity contribution < 1.29 is 19.1 Å². The third-order valence-electron chi connectivity index (χ3n) is 2.01. The molecule has 0 atom stereocenters. The molecule has 0 rings (SSSR count). The smallest absolute Gasteiger partial charge is 0.407 e. The standard InChI is InChI=1S/C13H26N2O4/c1-5-18-10-6-8-14-11(16)7-9-15-12(17)19-13(2,3)4/h5-10H2,1-4H3,(H,14,16)(H,15,17). The Morgan fingerprint density at radius 3 is 2.37 bits per heavy atom. The van der Waals surface area contributed by atoms with Crippen LogP contribution in [0.3, 0.4) is 0 Å². The first-order valence-corrected chi connectivity index (χ1v) is 6.66. The predicted molar refractivity (Wildman–Crippen MR) is 73.0 cm³/mol. The van der Waals surface area contributed by atoms with E-state index in [0.29, 0.717) is 19.8 Å². The maximum Gasteiger partial charge on any atom is 0.407 e. The molecule has 2 amide bonds. The van der Waals surface area contributed by atoms with Crippen LogP contribution in [0.15, 0.2) is 0 Å². The van der Waals surface area contributed by atoms with Crippen molar-refractivity contribution in [2.75, 3.05) is 26.3 Å². The number of hydrogen-bond acceptors (Lipinski definition) is 4. The van der Waals surface area contributed by atoms with Crippen molar-refractivity contribution in [3.8, 4) is 0 Å². The summed E-state index contributed by atoms with van der Waals surface area (Å²) in [5.74, 6) is -0.0902. The number of rotatable bonds is 8. The molecule has 0 saturated carbocycles. The third-order valence-corrected chi connectivity index (χ3v) is 2.01. The molecule has 0 unspecified atom stereocenters. The lowest BCUT2D eigenvalue weighted by Crippen LogP contribution is -2.35. The van der Waals surface area contributed by atoms with Gasteiger partial charge < -0.3 is 20.1 Å². The van der Waals surface area contributed by atoms with Crippen LogP contribution in [-0.2, 0) is 14.3 Å². The third kappa shape index (κ3) is 12.9.